The van der Waals surface area contributed by atoms with Gasteiger partial charge in [0.1, 0.15) is 5.69 Å². The fourth-order valence-corrected chi connectivity index (χ4v) is 2.07. The molecule has 0 saturated carbocycles. The molecular weight excluding hydrogens is 288 g/mol. The first-order valence-electron chi connectivity index (χ1n) is 6.65. The molecule has 0 atom stereocenters. The Bertz CT molecular complexity index is 724. The molecule has 2 aromatic rings. The van der Waals surface area contributed by atoms with Gasteiger partial charge >= 0.3 is 11.9 Å². The van der Waals surface area contributed by atoms with Crippen LogP contribution in [0.5, 0.6) is 0 Å². The molecule has 1 aromatic heterocycles. The number of rotatable bonds is 6. The van der Waals surface area contributed by atoms with Gasteiger partial charge in [-0.1, -0.05) is 17.3 Å². The Morgan fingerprint density at radius 3 is 2.64 bits per heavy atom. The number of nitrogen functional groups attached to an aromatic ring is 1. The standard InChI is InChI=1S/C14H16N4O4/c1-8-4-5-9(7-10(8)15)13-12(14(21)22)16-17-18(13)6-2-3-11(19)20/h4-5,7H,2-3,6,15H2,1H3,(H,19,20)(H,21,22). The normalized spacial score (nSPS) is 10.6. The zero-order chi connectivity index (χ0) is 16.3. The van der Waals surface area contributed by atoms with E-state index in [9.17, 15) is 14.7 Å². The first-order chi connectivity index (χ1) is 10.4. The highest BCUT2D eigenvalue weighted by atomic mass is 16.4. The van der Waals surface area contributed by atoms with Crippen molar-refractivity contribution < 1.29 is 19.8 Å². The van der Waals surface area contributed by atoms with Crippen molar-refractivity contribution in [3.8, 4) is 11.3 Å². The lowest BCUT2D eigenvalue weighted by Crippen LogP contribution is -2.07. The molecule has 0 bridgehead atoms. The third-order valence-electron chi connectivity index (χ3n) is 3.25. The topological polar surface area (TPSA) is 131 Å². The van der Waals surface area contributed by atoms with Gasteiger partial charge < -0.3 is 15.9 Å². The monoisotopic (exact) mass is 304 g/mol. The maximum absolute atomic E-state index is 11.3. The van der Waals surface area contributed by atoms with E-state index in [1.807, 2.05) is 6.92 Å². The largest absolute Gasteiger partial charge is 0.481 e. The number of hydrogen-bond donors (Lipinski definition) is 3. The van der Waals surface area contributed by atoms with Gasteiger partial charge in [0.05, 0.1) is 0 Å². The van der Waals surface area contributed by atoms with Gasteiger partial charge in [0.25, 0.3) is 0 Å². The van der Waals surface area contributed by atoms with Crippen LogP contribution in [0.3, 0.4) is 0 Å². The highest BCUT2D eigenvalue weighted by Gasteiger charge is 2.21. The van der Waals surface area contributed by atoms with E-state index in [-0.39, 0.29) is 18.7 Å². The van der Waals surface area contributed by atoms with Gasteiger partial charge in [-0.3, -0.25) is 4.79 Å². The summed E-state index contributed by atoms with van der Waals surface area (Å²) >= 11 is 0. The van der Waals surface area contributed by atoms with E-state index in [0.29, 0.717) is 23.4 Å². The Morgan fingerprint density at radius 2 is 2.05 bits per heavy atom. The van der Waals surface area contributed by atoms with Crippen LogP contribution in [0, 0.1) is 6.92 Å². The maximum atomic E-state index is 11.3. The summed E-state index contributed by atoms with van der Waals surface area (Å²) in [5, 5.41) is 25.4. The quantitative estimate of drug-likeness (QED) is 0.687. The first kappa shape index (κ1) is 15.5. The fraction of sp³-hybridized carbons (Fsp3) is 0.286. The number of aromatic nitrogens is 3. The van der Waals surface area contributed by atoms with Gasteiger partial charge in [-0.25, -0.2) is 9.48 Å². The number of nitrogens with zero attached hydrogens (tertiary/aromatic N) is 3. The molecule has 22 heavy (non-hydrogen) atoms. The zero-order valence-electron chi connectivity index (χ0n) is 12.0. The van der Waals surface area contributed by atoms with Crippen molar-refractivity contribution in [2.45, 2.75) is 26.3 Å². The van der Waals surface area contributed by atoms with Crippen molar-refractivity contribution in [2.24, 2.45) is 0 Å². The number of carbonyl (C=O) groups is 2. The number of anilines is 1. The molecule has 0 unspecified atom stereocenters. The second-order valence-electron chi connectivity index (χ2n) is 4.88. The van der Waals surface area contributed by atoms with Gasteiger partial charge in [-0.2, -0.15) is 0 Å². The predicted octanol–water partition coefficient (Wildman–Crippen LogP) is 1.40. The molecular formula is C14H16N4O4. The number of carboxylic acids is 2. The average Bonchev–Trinajstić information content (AvgIpc) is 2.85. The number of aryl methyl sites for hydroxylation is 2. The SMILES string of the molecule is Cc1ccc(-c2c(C(=O)O)nnn2CCCC(=O)O)cc1N. The lowest BCUT2D eigenvalue weighted by Gasteiger charge is -2.08. The molecule has 0 spiro atoms. The molecule has 0 saturated heterocycles. The Labute approximate surface area is 126 Å². The number of carboxylic acid groups (broad SMARTS) is 2. The summed E-state index contributed by atoms with van der Waals surface area (Å²) in [6.07, 6.45) is 0.295. The average molecular weight is 304 g/mol. The minimum absolute atomic E-state index is 0.0300. The number of benzene rings is 1. The van der Waals surface area contributed by atoms with Gasteiger partial charge in [0.2, 0.25) is 0 Å². The van der Waals surface area contributed by atoms with E-state index in [1.54, 1.807) is 18.2 Å². The van der Waals surface area contributed by atoms with E-state index in [0.717, 1.165) is 5.56 Å². The highest BCUT2D eigenvalue weighted by Crippen LogP contribution is 2.26. The molecule has 4 N–H and O–H groups in total. The number of aromatic carboxylic acids is 1. The predicted molar refractivity (Wildman–Crippen MR) is 78.4 cm³/mol. The van der Waals surface area contributed by atoms with Crippen molar-refractivity contribution in [3.63, 3.8) is 0 Å². The van der Waals surface area contributed by atoms with Crippen LogP contribution in [0.2, 0.25) is 0 Å². The lowest BCUT2D eigenvalue weighted by atomic mass is 10.1. The molecule has 0 amide bonds. The summed E-state index contributed by atoms with van der Waals surface area (Å²) in [7, 11) is 0. The summed E-state index contributed by atoms with van der Waals surface area (Å²) in [4.78, 5) is 21.9. The highest BCUT2D eigenvalue weighted by molar-refractivity contribution is 5.93. The molecule has 0 aliphatic carbocycles. The fourth-order valence-electron chi connectivity index (χ4n) is 2.07. The van der Waals surface area contributed by atoms with Crippen molar-refractivity contribution in [1.29, 1.82) is 0 Å². The van der Waals surface area contributed by atoms with Crippen LogP contribution >= 0.6 is 0 Å². The van der Waals surface area contributed by atoms with Crippen LogP contribution in [0.15, 0.2) is 18.2 Å². The second-order valence-corrected chi connectivity index (χ2v) is 4.88. The van der Waals surface area contributed by atoms with Crippen LogP contribution in [0.25, 0.3) is 11.3 Å². The summed E-state index contributed by atoms with van der Waals surface area (Å²) in [5.41, 5.74) is 8.01. The van der Waals surface area contributed by atoms with E-state index >= 15 is 0 Å². The molecule has 8 nitrogen and oxygen atoms in total. The zero-order valence-corrected chi connectivity index (χ0v) is 12.0. The molecule has 1 aromatic carbocycles. The molecule has 8 heteroatoms. The van der Waals surface area contributed by atoms with E-state index in [4.69, 9.17) is 10.8 Å². The van der Waals surface area contributed by atoms with Crippen LogP contribution in [-0.2, 0) is 11.3 Å². The lowest BCUT2D eigenvalue weighted by molar-refractivity contribution is -0.137. The summed E-state index contributed by atoms with van der Waals surface area (Å²) < 4.78 is 1.40. The van der Waals surface area contributed by atoms with Crippen LogP contribution in [-0.4, -0.2) is 37.1 Å². The molecule has 2 rings (SSSR count). The summed E-state index contributed by atoms with van der Waals surface area (Å²) in [6.45, 7) is 2.11. The first-order valence-corrected chi connectivity index (χ1v) is 6.65. The van der Waals surface area contributed by atoms with Gasteiger partial charge in [-0.15, -0.1) is 5.10 Å². The van der Waals surface area contributed by atoms with Gasteiger partial charge in [0, 0.05) is 24.2 Å². The van der Waals surface area contributed by atoms with Crippen molar-refractivity contribution in [3.05, 3.63) is 29.5 Å². The van der Waals surface area contributed by atoms with Crippen LogP contribution in [0.1, 0.15) is 28.9 Å². The third kappa shape index (κ3) is 3.22. The Kier molecular flexibility index (Phi) is 4.40. The third-order valence-corrected chi connectivity index (χ3v) is 3.25. The molecule has 1 heterocycles. The number of aliphatic carboxylic acids is 1. The number of nitrogens with two attached hydrogens (primary N) is 1. The van der Waals surface area contributed by atoms with Crippen molar-refractivity contribution in [2.75, 3.05) is 5.73 Å². The van der Waals surface area contributed by atoms with E-state index in [1.165, 1.54) is 4.68 Å². The minimum Gasteiger partial charge on any atom is -0.481 e. The van der Waals surface area contributed by atoms with E-state index in [2.05, 4.69) is 10.3 Å². The molecule has 0 radical (unpaired) electrons. The minimum atomic E-state index is -1.20. The Hall–Kier alpha value is -2.90. The van der Waals surface area contributed by atoms with Crippen molar-refractivity contribution >= 4 is 17.6 Å². The smallest absolute Gasteiger partial charge is 0.358 e. The molecule has 0 aliphatic heterocycles. The van der Waals surface area contributed by atoms with Crippen LogP contribution in [0.4, 0.5) is 5.69 Å². The van der Waals surface area contributed by atoms with Crippen LogP contribution < -0.4 is 5.73 Å². The van der Waals surface area contributed by atoms with E-state index < -0.39 is 11.9 Å². The van der Waals surface area contributed by atoms with Crippen molar-refractivity contribution in [1.82, 2.24) is 15.0 Å². The summed E-state index contributed by atoms with van der Waals surface area (Å²) in [5.74, 6) is -2.11. The second kappa shape index (κ2) is 6.25. The summed E-state index contributed by atoms with van der Waals surface area (Å²) in [6, 6.07) is 5.18. The van der Waals surface area contributed by atoms with Gasteiger partial charge in [0.15, 0.2) is 5.69 Å². The molecule has 116 valence electrons. The molecule has 0 fully saturated rings. The number of hydrogen-bond acceptors (Lipinski definition) is 5. The molecule has 0 aliphatic rings. The Morgan fingerprint density at radius 1 is 1.32 bits per heavy atom. The van der Waals surface area contributed by atoms with Gasteiger partial charge in [-0.05, 0) is 25.0 Å². The Balaban J connectivity index is 2.41. The maximum Gasteiger partial charge on any atom is 0.358 e.